The molecular formula is C21H20N3O3S2+. The van der Waals surface area contributed by atoms with Crippen molar-refractivity contribution in [2.45, 2.75) is 11.4 Å². The Morgan fingerprint density at radius 2 is 1.97 bits per heavy atom. The lowest BCUT2D eigenvalue weighted by molar-refractivity contribution is -0.673. The average molecular weight is 427 g/mol. The molecule has 6 nitrogen and oxygen atoms in total. The summed E-state index contributed by atoms with van der Waals surface area (Å²) in [6.07, 6.45) is 3.86. The smallest absolute Gasteiger partial charge is 0.325 e. The Balaban J connectivity index is 1.96. The number of thiazole rings is 1. The molecule has 0 spiro atoms. The molecule has 0 radical (unpaired) electrons. The predicted octanol–water partition coefficient (Wildman–Crippen LogP) is 1.04. The van der Waals surface area contributed by atoms with Crippen molar-refractivity contribution in [2.24, 2.45) is 7.05 Å². The summed E-state index contributed by atoms with van der Waals surface area (Å²) in [4.78, 5) is 28.4. The Hall–Kier alpha value is -2.84. The summed E-state index contributed by atoms with van der Waals surface area (Å²) in [5.41, 5.74) is 1.81. The van der Waals surface area contributed by atoms with Crippen LogP contribution in [-0.4, -0.2) is 24.7 Å². The fraction of sp³-hybridized carbons (Fsp3) is 0.190. The van der Waals surface area contributed by atoms with E-state index in [-0.39, 0.29) is 12.1 Å². The summed E-state index contributed by atoms with van der Waals surface area (Å²) in [5.74, 6) is -0.454. The van der Waals surface area contributed by atoms with Crippen LogP contribution in [0.25, 0.3) is 11.1 Å². The molecule has 0 fully saturated rings. The number of ether oxygens (including phenoxy) is 1. The molecule has 3 aromatic rings. The third kappa shape index (κ3) is 3.61. The predicted molar refractivity (Wildman–Crippen MR) is 115 cm³/mol. The minimum absolute atomic E-state index is 0.122. The van der Waals surface area contributed by atoms with E-state index in [1.54, 1.807) is 11.8 Å². The van der Waals surface area contributed by atoms with Gasteiger partial charge in [-0.1, -0.05) is 23.9 Å². The van der Waals surface area contributed by atoms with Gasteiger partial charge >= 0.3 is 5.97 Å². The molecule has 8 heteroatoms. The van der Waals surface area contributed by atoms with Gasteiger partial charge in [0, 0.05) is 30.2 Å². The first-order chi connectivity index (χ1) is 14.0. The van der Waals surface area contributed by atoms with Gasteiger partial charge in [-0.25, -0.2) is 4.57 Å². The van der Waals surface area contributed by atoms with E-state index in [1.807, 2.05) is 78.3 Å². The number of para-hydroxylation sites is 1. The van der Waals surface area contributed by atoms with Crippen LogP contribution in [0.4, 0.5) is 5.69 Å². The number of nitrogens with zero attached hydrogens (tertiary/aromatic N) is 3. The largest absolute Gasteiger partial charge is 0.468 e. The minimum atomic E-state index is -0.454. The molecular weight excluding hydrogens is 406 g/mol. The van der Waals surface area contributed by atoms with Gasteiger partial charge in [0.1, 0.15) is 27.8 Å². The Kier molecular flexibility index (Phi) is 5.29. The highest BCUT2D eigenvalue weighted by molar-refractivity contribution is 8.08. The number of thioether (sulfide) groups is 1. The van der Waals surface area contributed by atoms with E-state index in [2.05, 4.69) is 0 Å². The van der Waals surface area contributed by atoms with Crippen molar-refractivity contribution in [1.82, 2.24) is 4.57 Å². The zero-order valence-electron chi connectivity index (χ0n) is 16.3. The maximum Gasteiger partial charge on any atom is 0.325 e. The lowest BCUT2D eigenvalue weighted by atomic mass is 10.3. The molecule has 0 aliphatic carbocycles. The molecule has 0 unspecified atom stereocenters. The molecule has 3 heterocycles. The maximum atomic E-state index is 13.3. The first-order valence-electron chi connectivity index (χ1n) is 8.97. The van der Waals surface area contributed by atoms with E-state index < -0.39 is 5.97 Å². The van der Waals surface area contributed by atoms with Crippen LogP contribution in [0, 0.1) is 0 Å². The fourth-order valence-electron chi connectivity index (χ4n) is 3.13. The van der Waals surface area contributed by atoms with E-state index in [4.69, 9.17) is 4.74 Å². The van der Waals surface area contributed by atoms with Gasteiger partial charge in [-0.3, -0.25) is 14.2 Å². The number of carbonyl (C=O) groups is 1. The summed E-state index contributed by atoms with van der Waals surface area (Å²) in [5, 5.41) is 0.872. The standard InChI is InChI=1S/C21H20N3O3S2/c1-22-11-7-6-8-14(22)12-17-24(13-18(25)27-3)20(26)19(29-17)21-23(2)15-9-4-5-10-16(15)28-21/h4-12H,13H2,1-3H3/q+1. The molecule has 0 amide bonds. The summed E-state index contributed by atoms with van der Waals surface area (Å²) >= 11 is 2.96. The normalized spacial score (nSPS) is 15.6. The molecule has 1 aromatic carbocycles. The lowest BCUT2D eigenvalue weighted by Gasteiger charge is -2.11. The number of anilines is 1. The van der Waals surface area contributed by atoms with Crippen molar-refractivity contribution in [1.29, 1.82) is 0 Å². The highest BCUT2D eigenvalue weighted by Crippen LogP contribution is 2.44. The van der Waals surface area contributed by atoms with Gasteiger partial charge in [-0.15, -0.1) is 11.3 Å². The topological polar surface area (TPSA) is 55.4 Å². The van der Waals surface area contributed by atoms with Gasteiger partial charge in [-0.05, 0) is 18.2 Å². The zero-order valence-corrected chi connectivity index (χ0v) is 17.9. The van der Waals surface area contributed by atoms with Gasteiger partial charge in [0.05, 0.1) is 12.8 Å². The highest BCUT2D eigenvalue weighted by Gasteiger charge is 2.24. The van der Waals surface area contributed by atoms with Crippen molar-refractivity contribution < 1.29 is 14.1 Å². The molecule has 0 bridgehead atoms. The number of rotatable bonds is 3. The number of aryl methyl sites for hydroxylation is 1. The number of esters is 1. The Bertz CT molecular complexity index is 1280. The van der Waals surface area contributed by atoms with Crippen molar-refractivity contribution in [2.75, 3.05) is 19.1 Å². The fourth-order valence-corrected chi connectivity index (χ4v) is 5.52. The van der Waals surface area contributed by atoms with E-state index in [0.29, 0.717) is 9.20 Å². The molecule has 0 saturated heterocycles. The highest BCUT2D eigenvalue weighted by atomic mass is 32.2. The van der Waals surface area contributed by atoms with E-state index in [1.165, 1.54) is 23.0 Å². The van der Waals surface area contributed by atoms with E-state index in [0.717, 1.165) is 21.3 Å². The van der Waals surface area contributed by atoms with Crippen molar-refractivity contribution in [3.05, 3.63) is 73.9 Å². The summed E-state index contributed by atoms with van der Waals surface area (Å²) in [6, 6.07) is 13.9. The molecule has 1 aliphatic heterocycles. The summed E-state index contributed by atoms with van der Waals surface area (Å²) in [7, 11) is 5.22. The van der Waals surface area contributed by atoms with Crippen molar-refractivity contribution in [3.8, 4) is 0 Å². The van der Waals surface area contributed by atoms with Crippen LogP contribution in [-0.2, 0) is 23.1 Å². The lowest BCUT2D eigenvalue weighted by Crippen LogP contribution is -2.37. The minimum Gasteiger partial charge on any atom is -0.468 e. The maximum absolute atomic E-state index is 13.3. The molecule has 1 aliphatic rings. The quantitative estimate of drug-likeness (QED) is 0.463. The summed E-state index contributed by atoms with van der Waals surface area (Å²) in [6.45, 7) is -0.122. The van der Waals surface area contributed by atoms with E-state index >= 15 is 0 Å². The molecule has 148 valence electrons. The van der Waals surface area contributed by atoms with Gasteiger partial charge < -0.3 is 9.64 Å². The van der Waals surface area contributed by atoms with Crippen LogP contribution in [0.3, 0.4) is 0 Å². The van der Waals surface area contributed by atoms with Crippen molar-refractivity contribution in [3.63, 3.8) is 0 Å². The van der Waals surface area contributed by atoms with Crippen LogP contribution >= 0.6 is 23.1 Å². The second-order valence-electron chi connectivity index (χ2n) is 6.55. The third-order valence-corrected chi connectivity index (χ3v) is 7.21. The number of carbonyl (C=O) groups excluding carboxylic acids is 1. The van der Waals surface area contributed by atoms with Crippen LogP contribution in [0.5, 0.6) is 0 Å². The van der Waals surface area contributed by atoms with Crippen LogP contribution in [0.2, 0.25) is 0 Å². The van der Waals surface area contributed by atoms with Crippen molar-refractivity contribution >= 4 is 45.9 Å². The molecule has 4 rings (SSSR count). The van der Waals surface area contributed by atoms with Crippen LogP contribution < -0.4 is 24.2 Å². The van der Waals surface area contributed by atoms with Gasteiger partial charge in [-0.2, -0.15) is 0 Å². The SMILES string of the molecule is COC(=O)Cn1c(=Cc2cccc[n+]2C)sc(=C2Sc3ccccc3N2C)c1=O. The number of fused-ring (bicyclic) bond motifs is 1. The van der Waals surface area contributed by atoms with E-state index in [9.17, 15) is 9.59 Å². The molecule has 0 N–H and O–H groups in total. The number of hydrogen-bond donors (Lipinski definition) is 0. The summed E-state index contributed by atoms with van der Waals surface area (Å²) < 4.78 is 9.58. The van der Waals surface area contributed by atoms with Crippen LogP contribution in [0.15, 0.2) is 58.4 Å². The molecule has 0 atom stereocenters. The van der Waals surface area contributed by atoms with Gasteiger partial charge in [0.25, 0.3) is 5.56 Å². The number of benzene rings is 1. The second kappa shape index (κ2) is 7.88. The zero-order chi connectivity index (χ0) is 20.5. The number of pyridine rings is 1. The number of hydrogen-bond acceptors (Lipinski definition) is 6. The molecule has 29 heavy (non-hydrogen) atoms. The van der Waals surface area contributed by atoms with Gasteiger partial charge in [0.2, 0.25) is 5.69 Å². The average Bonchev–Trinajstić information content (AvgIpc) is 3.21. The molecule has 2 aromatic heterocycles. The van der Waals surface area contributed by atoms with Crippen LogP contribution in [0.1, 0.15) is 5.69 Å². The second-order valence-corrected chi connectivity index (χ2v) is 8.61. The third-order valence-electron chi connectivity index (χ3n) is 4.73. The van der Waals surface area contributed by atoms with Gasteiger partial charge in [0.15, 0.2) is 6.20 Å². The first kappa shape index (κ1) is 19.5. The Morgan fingerprint density at radius 1 is 1.21 bits per heavy atom. The number of methoxy groups -OCH3 is 1. The Labute approximate surface area is 176 Å². The number of aromatic nitrogens is 2. The first-order valence-corrected chi connectivity index (χ1v) is 10.6. The Morgan fingerprint density at radius 3 is 2.69 bits per heavy atom. The monoisotopic (exact) mass is 426 g/mol. The molecule has 0 saturated carbocycles.